The van der Waals surface area contributed by atoms with Gasteiger partial charge in [-0.3, -0.25) is 4.79 Å². The van der Waals surface area contributed by atoms with Crippen LogP contribution in [0.4, 0.5) is 18.3 Å². The summed E-state index contributed by atoms with van der Waals surface area (Å²) in [6, 6.07) is 12.1. The summed E-state index contributed by atoms with van der Waals surface area (Å²) < 4.78 is 53.5. The second-order valence-electron chi connectivity index (χ2n) is 6.49. The summed E-state index contributed by atoms with van der Waals surface area (Å²) in [5, 5.41) is 3.65. The Hall–Kier alpha value is -3.34. The lowest BCUT2D eigenvalue weighted by Crippen LogP contribution is -2.69. The standard InChI is InChI=1S/C21H20F3N3O4S/c1-3-30-14-10-11-15-16(12-14)32-19(25-15)27-20(21(22,23)24,18(29)31-4-2)26-17(28)13-8-6-5-7-9-13/h5-12H,3-4H2,1-2H3,(H,25,27)(H,26,28)/t20-/m1/s1. The van der Waals surface area contributed by atoms with Crippen LogP contribution in [0.25, 0.3) is 10.2 Å². The third-order valence-corrected chi connectivity index (χ3v) is 5.24. The number of amides is 1. The van der Waals surface area contributed by atoms with Gasteiger partial charge in [0.05, 0.1) is 23.4 Å². The first kappa shape index (κ1) is 23.3. The van der Waals surface area contributed by atoms with Gasteiger partial charge in [-0.15, -0.1) is 0 Å². The zero-order valence-electron chi connectivity index (χ0n) is 17.2. The van der Waals surface area contributed by atoms with Crippen LogP contribution in [-0.2, 0) is 9.53 Å². The third-order valence-electron chi connectivity index (χ3n) is 4.31. The Morgan fingerprint density at radius 2 is 1.78 bits per heavy atom. The predicted octanol–water partition coefficient (Wildman–Crippen LogP) is 4.36. The largest absolute Gasteiger partial charge is 0.494 e. The molecule has 3 rings (SSSR count). The quantitative estimate of drug-likeness (QED) is 0.378. The van der Waals surface area contributed by atoms with E-state index >= 15 is 0 Å². The molecule has 0 aliphatic rings. The van der Waals surface area contributed by atoms with Crippen molar-refractivity contribution in [2.75, 3.05) is 18.5 Å². The van der Waals surface area contributed by atoms with Crippen LogP contribution in [-0.4, -0.2) is 41.9 Å². The molecule has 0 saturated heterocycles. The van der Waals surface area contributed by atoms with E-state index in [0.29, 0.717) is 22.6 Å². The third kappa shape index (κ3) is 4.77. The topological polar surface area (TPSA) is 89.5 Å². The van der Waals surface area contributed by atoms with Gasteiger partial charge in [0.1, 0.15) is 5.75 Å². The van der Waals surface area contributed by atoms with Crippen LogP contribution in [0.15, 0.2) is 48.5 Å². The van der Waals surface area contributed by atoms with Crippen molar-refractivity contribution in [1.82, 2.24) is 10.3 Å². The van der Waals surface area contributed by atoms with Gasteiger partial charge < -0.3 is 20.1 Å². The first-order valence-electron chi connectivity index (χ1n) is 9.63. The average Bonchev–Trinajstić information content (AvgIpc) is 3.15. The van der Waals surface area contributed by atoms with Gasteiger partial charge in [0, 0.05) is 5.56 Å². The number of anilines is 1. The van der Waals surface area contributed by atoms with Gasteiger partial charge in [-0.1, -0.05) is 29.5 Å². The van der Waals surface area contributed by atoms with E-state index in [-0.39, 0.29) is 17.3 Å². The van der Waals surface area contributed by atoms with Gasteiger partial charge in [-0.25, -0.2) is 9.78 Å². The fraction of sp³-hybridized carbons (Fsp3) is 0.286. The van der Waals surface area contributed by atoms with Gasteiger partial charge in [-0.2, -0.15) is 13.2 Å². The van der Waals surface area contributed by atoms with Gasteiger partial charge >= 0.3 is 17.8 Å². The maximum atomic E-state index is 14.3. The molecule has 11 heteroatoms. The highest BCUT2D eigenvalue weighted by molar-refractivity contribution is 7.22. The normalized spacial score (nSPS) is 13.3. The van der Waals surface area contributed by atoms with Crippen molar-refractivity contribution in [2.45, 2.75) is 25.7 Å². The zero-order valence-corrected chi connectivity index (χ0v) is 18.0. The fourth-order valence-electron chi connectivity index (χ4n) is 2.84. The number of carbonyl (C=O) groups excluding carboxylic acids is 2. The highest BCUT2D eigenvalue weighted by Crippen LogP contribution is 2.36. The lowest BCUT2D eigenvalue weighted by Gasteiger charge is -2.34. The number of esters is 1. The Morgan fingerprint density at radius 1 is 1.06 bits per heavy atom. The van der Waals surface area contributed by atoms with Crippen molar-refractivity contribution in [3.63, 3.8) is 0 Å². The molecule has 2 N–H and O–H groups in total. The van der Waals surface area contributed by atoms with E-state index < -0.39 is 23.7 Å². The zero-order chi connectivity index (χ0) is 23.4. The predicted molar refractivity (Wildman–Crippen MR) is 114 cm³/mol. The molecule has 0 bridgehead atoms. The summed E-state index contributed by atoms with van der Waals surface area (Å²) in [6.45, 7) is 3.26. The minimum absolute atomic E-state index is 0.0575. The molecule has 3 aromatic rings. The van der Waals surface area contributed by atoms with E-state index in [9.17, 15) is 22.8 Å². The summed E-state index contributed by atoms with van der Waals surface area (Å²) >= 11 is 0.877. The highest BCUT2D eigenvalue weighted by atomic mass is 32.1. The Kier molecular flexibility index (Phi) is 6.87. The number of hydrogen-bond acceptors (Lipinski definition) is 7. The Labute approximate surface area is 185 Å². The number of alkyl halides is 3. The van der Waals surface area contributed by atoms with Crippen molar-refractivity contribution in [2.24, 2.45) is 0 Å². The van der Waals surface area contributed by atoms with E-state index in [0.717, 1.165) is 11.3 Å². The molecule has 0 aliphatic carbocycles. The average molecular weight is 467 g/mol. The minimum atomic E-state index is -5.25. The lowest BCUT2D eigenvalue weighted by atomic mass is 10.1. The second kappa shape index (κ2) is 9.43. The van der Waals surface area contributed by atoms with Crippen molar-refractivity contribution in [3.8, 4) is 5.75 Å². The van der Waals surface area contributed by atoms with Crippen LogP contribution in [0.3, 0.4) is 0 Å². The molecule has 1 aromatic heterocycles. The number of halogens is 3. The molecule has 1 atom stereocenters. The summed E-state index contributed by atoms with van der Waals surface area (Å²) in [5.74, 6) is -2.28. The Balaban J connectivity index is 2.04. The molecule has 0 aliphatic heterocycles. The summed E-state index contributed by atoms with van der Waals surface area (Å²) in [5.41, 5.74) is -3.21. The number of fused-ring (bicyclic) bond motifs is 1. The van der Waals surface area contributed by atoms with Crippen molar-refractivity contribution >= 4 is 38.6 Å². The fourth-order valence-corrected chi connectivity index (χ4v) is 3.79. The summed E-state index contributed by atoms with van der Waals surface area (Å²) in [7, 11) is 0. The maximum Gasteiger partial charge on any atom is 0.442 e. The monoisotopic (exact) mass is 467 g/mol. The minimum Gasteiger partial charge on any atom is -0.494 e. The van der Waals surface area contributed by atoms with Gasteiger partial charge in [0.2, 0.25) is 0 Å². The van der Waals surface area contributed by atoms with Gasteiger partial charge in [0.25, 0.3) is 5.91 Å². The summed E-state index contributed by atoms with van der Waals surface area (Å²) in [6.07, 6.45) is -5.25. The number of hydrogen-bond donors (Lipinski definition) is 2. The van der Waals surface area contributed by atoms with E-state index in [1.54, 1.807) is 36.5 Å². The number of aromatic nitrogens is 1. The number of nitrogens with one attached hydrogen (secondary N) is 2. The van der Waals surface area contributed by atoms with E-state index in [4.69, 9.17) is 4.74 Å². The van der Waals surface area contributed by atoms with E-state index in [1.807, 2.05) is 0 Å². The number of nitrogens with zero attached hydrogens (tertiary/aromatic N) is 1. The molecule has 170 valence electrons. The molecule has 0 saturated carbocycles. The molecule has 1 amide bonds. The SMILES string of the molecule is CCOC(=O)[C@@](NC(=O)c1ccccc1)(Nc1nc2ccc(OCC)cc2s1)C(F)(F)F. The van der Waals surface area contributed by atoms with Crippen LogP contribution >= 0.6 is 11.3 Å². The molecule has 2 aromatic carbocycles. The van der Waals surface area contributed by atoms with Crippen LogP contribution in [0.2, 0.25) is 0 Å². The molecule has 0 unspecified atom stereocenters. The van der Waals surface area contributed by atoms with E-state index in [2.05, 4.69) is 15.0 Å². The summed E-state index contributed by atoms with van der Waals surface area (Å²) in [4.78, 5) is 29.3. The van der Waals surface area contributed by atoms with Crippen molar-refractivity contribution in [3.05, 3.63) is 54.1 Å². The molecule has 0 radical (unpaired) electrons. The first-order chi connectivity index (χ1) is 15.2. The van der Waals surface area contributed by atoms with E-state index in [1.165, 1.54) is 31.2 Å². The van der Waals surface area contributed by atoms with Gasteiger partial charge in [0.15, 0.2) is 5.13 Å². The Bertz CT molecular complexity index is 1100. The molecule has 1 heterocycles. The number of ether oxygens (including phenoxy) is 2. The molecular formula is C21H20F3N3O4S. The molecular weight excluding hydrogens is 447 g/mol. The number of thiazole rings is 1. The van der Waals surface area contributed by atoms with Crippen LogP contribution in [0.5, 0.6) is 5.75 Å². The second-order valence-corrected chi connectivity index (χ2v) is 7.53. The highest BCUT2D eigenvalue weighted by Gasteiger charge is 2.64. The molecule has 32 heavy (non-hydrogen) atoms. The molecule has 0 fully saturated rings. The Morgan fingerprint density at radius 3 is 2.41 bits per heavy atom. The maximum absolute atomic E-state index is 14.3. The molecule has 0 spiro atoms. The number of benzene rings is 2. The first-order valence-corrected chi connectivity index (χ1v) is 10.4. The number of rotatable bonds is 8. The molecule has 7 nitrogen and oxygen atoms in total. The van der Waals surface area contributed by atoms with Crippen molar-refractivity contribution in [1.29, 1.82) is 0 Å². The van der Waals surface area contributed by atoms with Crippen LogP contribution in [0.1, 0.15) is 24.2 Å². The van der Waals surface area contributed by atoms with Crippen LogP contribution < -0.4 is 15.4 Å². The smallest absolute Gasteiger partial charge is 0.442 e. The van der Waals surface area contributed by atoms with Crippen LogP contribution in [0, 0.1) is 0 Å². The number of carbonyl (C=O) groups is 2. The van der Waals surface area contributed by atoms with Crippen molar-refractivity contribution < 1.29 is 32.2 Å². The van der Waals surface area contributed by atoms with Gasteiger partial charge in [-0.05, 0) is 44.2 Å². The lowest BCUT2D eigenvalue weighted by molar-refractivity contribution is -0.204.